The third-order valence-electron chi connectivity index (χ3n) is 3.54. The van der Waals surface area contributed by atoms with E-state index >= 15 is 0 Å². The molecular weight excluding hydrogens is 294 g/mol. The van der Waals surface area contributed by atoms with E-state index in [2.05, 4.69) is 10.6 Å². The van der Waals surface area contributed by atoms with Crippen LogP contribution in [0.2, 0.25) is 0 Å². The van der Waals surface area contributed by atoms with Crippen LogP contribution in [0.25, 0.3) is 0 Å². The number of likely N-dealkylation sites (tertiary alicyclic amines) is 1. The number of nitrogens with zero attached hydrogens (tertiary/aromatic N) is 1. The van der Waals surface area contributed by atoms with E-state index < -0.39 is 6.09 Å². The highest BCUT2D eigenvalue weighted by atomic mass is 16.6. The fourth-order valence-corrected chi connectivity index (χ4v) is 2.42. The largest absolute Gasteiger partial charge is 0.412 e. The van der Waals surface area contributed by atoms with Crippen molar-refractivity contribution in [2.75, 3.05) is 13.1 Å². The maximum absolute atomic E-state index is 12.1. The van der Waals surface area contributed by atoms with Crippen LogP contribution in [-0.2, 0) is 0 Å². The molecule has 3 amide bonds. The number of amides is 3. The van der Waals surface area contributed by atoms with Crippen LogP contribution in [0.4, 0.5) is 9.59 Å². The summed E-state index contributed by atoms with van der Waals surface area (Å²) >= 11 is 0. The maximum atomic E-state index is 12.1. The molecule has 1 heterocycles. The summed E-state index contributed by atoms with van der Waals surface area (Å²) in [7, 11) is 0. The van der Waals surface area contributed by atoms with Gasteiger partial charge in [0.1, 0.15) is 5.75 Å². The zero-order valence-electron chi connectivity index (χ0n) is 14.0. The van der Waals surface area contributed by atoms with Crippen LogP contribution >= 0.6 is 0 Å². The minimum atomic E-state index is -0.450. The molecule has 23 heavy (non-hydrogen) atoms. The Bertz CT molecular complexity index is 532. The highest BCUT2D eigenvalue weighted by molar-refractivity contribution is 5.75. The van der Waals surface area contributed by atoms with Gasteiger partial charge >= 0.3 is 12.1 Å². The van der Waals surface area contributed by atoms with Crippen molar-refractivity contribution in [3.05, 3.63) is 30.3 Å². The van der Waals surface area contributed by atoms with Gasteiger partial charge in [-0.15, -0.1) is 0 Å². The predicted octanol–water partition coefficient (Wildman–Crippen LogP) is 2.75. The van der Waals surface area contributed by atoms with Crippen LogP contribution in [0, 0.1) is 0 Å². The summed E-state index contributed by atoms with van der Waals surface area (Å²) in [6.45, 7) is 7.12. The summed E-state index contributed by atoms with van der Waals surface area (Å²) in [5.74, 6) is 0.520. The second-order valence-electron chi connectivity index (χ2n) is 6.79. The fraction of sp³-hybridized carbons (Fsp3) is 0.529. The summed E-state index contributed by atoms with van der Waals surface area (Å²) in [6.07, 6.45) is 0.997. The van der Waals surface area contributed by atoms with Gasteiger partial charge in [0.15, 0.2) is 0 Å². The lowest BCUT2D eigenvalue weighted by Gasteiger charge is -2.34. The average molecular weight is 319 g/mol. The number of carbonyl (C=O) groups excluding carboxylic acids is 2. The molecule has 0 aromatic heterocycles. The SMILES string of the molecule is CC(C)(C)NC(=O)N1CCC(NC(=O)Oc2ccccc2)CC1. The van der Waals surface area contributed by atoms with Crippen molar-refractivity contribution < 1.29 is 14.3 Å². The monoisotopic (exact) mass is 319 g/mol. The first-order chi connectivity index (χ1) is 10.8. The topological polar surface area (TPSA) is 70.7 Å². The third kappa shape index (κ3) is 5.81. The van der Waals surface area contributed by atoms with Crippen molar-refractivity contribution in [1.82, 2.24) is 15.5 Å². The van der Waals surface area contributed by atoms with Gasteiger partial charge in [-0.25, -0.2) is 9.59 Å². The molecule has 126 valence electrons. The number of hydrogen-bond acceptors (Lipinski definition) is 3. The average Bonchev–Trinajstić information content (AvgIpc) is 2.47. The quantitative estimate of drug-likeness (QED) is 0.880. The van der Waals surface area contributed by atoms with E-state index in [1.807, 2.05) is 39.0 Å². The normalized spacial score (nSPS) is 15.9. The Morgan fingerprint density at radius 2 is 1.74 bits per heavy atom. The van der Waals surface area contributed by atoms with Gasteiger partial charge in [0.05, 0.1) is 0 Å². The molecule has 1 aliphatic rings. The smallest absolute Gasteiger partial charge is 0.410 e. The minimum absolute atomic E-state index is 0.0323. The van der Waals surface area contributed by atoms with E-state index in [4.69, 9.17) is 4.74 Å². The molecule has 0 aliphatic carbocycles. The summed E-state index contributed by atoms with van der Waals surface area (Å²) in [4.78, 5) is 25.7. The third-order valence-corrected chi connectivity index (χ3v) is 3.54. The highest BCUT2D eigenvalue weighted by Gasteiger charge is 2.26. The number of urea groups is 1. The van der Waals surface area contributed by atoms with Gasteiger partial charge in [-0.2, -0.15) is 0 Å². The summed E-state index contributed by atoms with van der Waals surface area (Å²) < 4.78 is 5.21. The van der Waals surface area contributed by atoms with Crippen LogP contribution < -0.4 is 15.4 Å². The first-order valence-corrected chi connectivity index (χ1v) is 7.94. The molecule has 0 bridgehead atoms. The molecule has 1 fully saturated rings. The molecular formula is C17H25N3O3. The minimum Gasteiger partial charge on any atom is -0.410 e. The van der Waals surface area contributed by atoms with Crippen LogP contribution in [0.5, 0.6) is 5.75 Å². The lowest BCUT2D eigenvalue weighted by Crippen LogP contribution is -2.53. The summed E-state index contributed by atoms with van der Waals surface area (Å²) in [6, 6.07) is 8.94. The van der Waals surface area contributed by atoms with Crippen LogP contribution in [0.3, 0.4) is 0 Å². The summed E-state index contributed by atoms with van der Waals surface area (Å²) in [5.41, 5.74) is -0.244. The Kier molecular flexibility index (Phi) is 5.47. The van der Waals surface area contributed by atoms with E-state index in [-0.39, 0.29) is 17.6 Å². The number of ether oxygens (including phenoxy) is 1. The Morgan fingerprint density at radius 3 is 2.30 bits per heavy atom. The molecule has 6 heteroatoms. The van der Waals surface area contributed by atoms with Crippen molar-refractivity contribution in [1.29, 1.82) is 0 Å². The molecule has 1 saturated heterocycles. The molecule has 1 aromatic rings. The van der Waals surface area contributed by atoms with Crippen LogP contribution in [0.15, 0.2) is 30.3 Å². The Morgan fingerprint density at radius 1 is 1.13 bits per heavy atom. The lowest BCUT2D eigenvalue weighted by atomic mass is 10.1. The van der Waals surface area contributed by atoms with Crippen molar-refractivity contribution >= 4 is 12.1 Å². The molecule has 1 aromatic carbocycles. The van der Waals surface area contributed by atoms with Gasteiger partial charge in [0, 0.05) is 24.7 Å². The van der Waals surface area contributed by atoms with Crippen molar-refractivity contribution in [3.63, 3.8) is 0 Å². The number of nitrogens with one attached hydrogen (secondary N) is 2. The van der Waals surface area contributed by atoms with Gasteiger partial charge in [0.25, 0.3) is 0 Å². The fourth-order valence-electron chi connectivity index (χ4n) is 2.42. The molecule has 2 rings (SSSR count). The van der Waals surface area contributed by atoms with Crippen molar-refractivity contribution in [3.8, 4) is 5.75 Å². The Labute approximate surface area is 137 Å². The molecule has 0 radical (unpaired) electrons. The molecule has 6 nitrogen and oxygen atoms in total. The molecule has 1 aliphatic heterocycles. The number of carbonyl (C=O) groups is 2. The highest BCUT2D eigenvalue weighted by Crippen LogP contribution is 2.13. The van der Waals surface area contributed by atoms with E-state index in [1.165, 1.54) is 0 Å². The molecule has 0 spiro atoms. The first kappa shape index (κ1) is 17.1. The number of benzene rings is 1. The zero-order chi connectivity index (χ0) is 16.9. The van der Waals surface area contributed by atoms with Crippen molar-refractivity contribution in [2.45, 2.75) is 45.2 Å². The molecule has 0 saturated carbocycles. The predicted molar refractivity (Wildman–Crippen MR) is 88.5 cm³/mol. The number of rotatable bonds is 2. The zero-order valence-corrected chi connectivity index (χ0v) is 14.0. The van der Waals surface area contributed by atoms with Gasteiger partial charge < -0.3 is 20.3 Å². The molecule has 0 atom stereocenters. The Hall–Kier alpha value is -2.24. The number of para-hydroxylation sites is 1. The van der Waals surface area contributed by atoms with Crippen molar-refractivity contribution in [2.24, 2.45) is 0 Å². The van der Waals surface area contributed by atoms with Gasteiger partial charge in [-0.1, -0.05) is 18.2 Å². The lowest BCUT2D eigenvalue weighted by molar-refractivity contribution is 0.163. The standard InChI is InChI=1S/C17H25N3O3/c1-17(2,3)19-15(21)20-11-9-13(10-12-20)18-16(22)23-14-7-5-4-6-8-14/h4-8,13H,9-12H2,1-3H3,(H,18,22)(H,19,21). The first-order valence-electron chi connectivity index (χ1n) is 7.94. The maximum Gasteiger partial charge on any atom is 0.412 e. The second kappa shape index (κ2) is 7.35. The van der Waals surface area contributed by atoms with Crippen LogP contribution in [0.1, 0.15) is 33.6 Å². The summed E-state index contributed by atoms with van der Waals surface area (Å²) in [5, 5.41) is 5.81. The van der Waals surface area contributed by atoms with E-state index in [0.29, 0.717) is 18.8 Å². The number of piperidine rings is 1. The van der Waals surface area contributed by atoms with Gasteiger partial charge in [0.2, 0.25) is 0 Å². The molecule has 0 unspecified atom stereocenters. The number of hydrogen-bond donors (Lipinski definition) is 2. The second-order valence-corrected chi connectivity index (χ2v) is 6.79. The van der Waals surface area contributed by atoms with E-state index in [9.17, 15) is 9.59 Å². The van der Waals surface area contributed by atoms with E-state index in [1.54, 1.807) is 17.0 Å². The van der Waals surface area contributed by atoms with Gasteiger partial charge in [-0.05, 0) is 45.7 Å². The Balaban J connectivity index is 1.74. The van der Waals surface area contributed by atoms with Crippen LogP contribution in [-0.4, -0.2) is 41.7 Å². The van der Waals surface area contributed by atoms with E-state index in [0.717, 1.165) is 12.8 Å². The molecule has 2 N–H and O–H groups in total. The van der Waals surface area contributed by atoms with Gasteiger partial charge in [-0.3, -0.25) is 0 Å².